The third-order valence-electron chi connectivity index (χ3n) is 7.04. The normalized spacial score (nSPS) is 20.4. The molecule has 9 heteroatoms. The first-order chi connectivity index (χ1) is 16.3. The number of ether oxygens (including phenoxy) is 2. The van der Waals surface area contributed by atoms with Crippen LogP contribution in [0.5, 0.6) is 5.75 Å². The number of carbonyl (C=O) groups is 2. The minimum absolute atomic E-state index is 0.108. The maximum absolute atomic E-state index is 12.4. The minimum atomic E-state index is -0.752. The molecule has 1 N–H and O–H groups in total. The second kappa shape index (κ2) is 10.4. The van der Waals surface area contributed by atoms with Crippen LogP contribution in [0.4, 0.5) is 4.79 Å². The van der Waals surface area contributed by atoms with Crippen LogP contribution >= 0.6 is 0 Å². The fraction of sp³-hybridized carbons (Fsp3) is 0.600. The fourth-order valence-electron chi connectivity index (χ4n) is 4.70. The molecule has 2 aliphatic rings. The van der Waals surface area contributed by atoms with E-state index in [-0.39, 0.29) is 24.7 Å². The van der Waals surface area contributed by atoms with E-state index >= 15 is 0 Å². The largest absolute Gasteiger partial charge is 0.489 e. The van der Waals surface area contributed by atoms with Crippen molar-refractivity contribution in [1.82, 2.24) is 19.7 Å². The van der Waals surface area contributed by atoms with Crippen molar-refractivity contribution in [3.8, 4) is 17.0 Å². The molecule has 0 saturated heterocycles. The molecular weight excluding hydrogens is 436 g/mol. The first-order valence-electron chi connectivity index (χ1n) is 12.1. The zero-order chi connectivity index (χ0) is 24.2. The van der Waals surface area contributed by atoms with Gasteiger partial charge in [-0.15, -0.1) is 0 Å². The van der Waals surface area contributed by atoms with Gasteiger partial charge in [-0.05, 0) is 63.5 Å². The number of carboxylic acids is 1. The summed E-state index contributed by atoms with van der Waals surface area (Å²) in [7, 11) is 3.59. The van der Waals surface area contributed by atoms with Gasteiger partial charge in [-0.25, -0.2) is 9.78 Å². The zero-order valence-corrected chi connectivity index (χ0v) is 20.2. The molecule has 2 aliphatic carbocycles. The lowest BCUT2D eigenvalue weighted by Crippen LogP contribution is -2.34. The second-order valence-electron chi connectivity index (χ2n) is 9.58. The number of nitrogens with zero attached hydrogens (tertiary/aromatic N) is 4. The van der Waals surface area contributed by atoms with Gasteiger partial charge in [-0.1, -0.05) is 6.42 Å². The molecule has 2 heterocycles. The summed E-state index contributed by atoms with van der Waals surface area (Å²) < 4.78 is 13.4. The molecule has 2 fully saturated rings. The lowest BCUT2D eigenvalue weighted by molar-refractivity contribution is -0.143. The number of hydrogen-bond acceptors (Lipinski definition) is 6. The highest BCUT2D eigenvalue weighted by Gasteiger charge is 2.28. The Kier molecular flexibility index (Phi) is 7.38. The van der Waals surface area contributed by atoms with Crippen LogP contribution in [-0.4, -0.2) is 56.5 Å². The van der Waals surface area contributed by atoms with Gasteiger partial charge in [0.05, 0.1) is 35.3 Å². The van der Waals surface area contributed by atoms with Crippen LogP contribution in [0.1, 0.15) is 56.3 Å². The summed E-state index contributed by atoms with van der Waals surface area (Å²) in [6, 6.07) is 3.74. The molecule has 1 unspecified atom stereocenters. The number of rotatable bonds is 8. The standard InChI is InChI=1S/C25H34N4O5/c1-16-23(34-19-9-5-8-18(12-19)24(30)31)11-10-21(27-16)20-13-26-29(3)22(20)15-33-25(32)28(2)14-17-6-4-7-17/h10-11,13,17-19H,4-9,12,14-15H2,1-3H3,(H,30,31)/t18?,19-/m0/s1. The Morgan fingerprint density at radius 2 is 1.97 bits per heavy atom. The molecule has 0 aromatic carbocycles. The molecule has 2 aromatic rings. The van der Waals surface area contributed by atoms with E-state index in [1.807, 2.05) is 26.1 Å². The Morgan fingerprint density at radius 1 is 1.21 bits per heavy atom. The van der Waals surface area contributed by atoms with Crippen LogP contribution in [0.25, 0.3) is 11.3 Å². The summed E-state index contributed by atoms with van der Waals surface area (Å²) in [6.45, 7) is 2.71. The lowest BCUT2D eigenvalue weighted by Gasteiger charge is -2.29. The van der Waals surface area contributed by atoms with Crippen molar-refractivity contribution in [2.75, 3.05) is 13.6 Å². The predicted molar refractivity (Wildman–Crippen MR) is 125 cm³/mol. The third kappa shape index (κ3) is 5.51. The Labute approximate surface area is 200 Å². The first kappa shape index (κ1) is 24.0. The summed E-state index contributed by atoms with van der Waals surface area (Å²) in [5, 5.41) is 13.7. The van der Waals surface area contributed by atoms with Gasteiger partial charge in [0.25, 0.3) is 0 Å². The quantitative estimate of drug-likeness (QED) is 0.617. The molecule has 2 saturated carbocycles. The van der Waals surface area contributed by atoms with Crippen LogP contribution in [0, 0.1) is 18.8 Å². The van der Waals surface area contributed by atoms with Crippen molar-refractivity contribution >= 4 is 12.1 Å². The highest BCUT2D eigenvalue weighted by Crippen LogP contribution is 2.31. The number of amides is 1. The fourth-order valence-corrected chi connectivity index (χ4v) is 4.70. The van der Waals surface area contributed by atoms with Crippen LogP contribution in [-0.2, 0) is 23.2 Å². The number of carbonyl (C=O) groups excluding carboxylic acids is 1. The molecular formula is C25H34N4O5. The Hall–Kier alpha value is -3.10. The number of carboxylic acid groups (broad SMARTS) is 1. The number of pyridine rings is 1. The van der Waals surface area contributed by atoms with Gasteiger partial charge < -0.3 is 19.5 Å². The van der Waals surface area contributed by atoms with Crippen LogP contribution in [0.3, 0.4) is 0 Å². The smallest absolute Gasteiger partial charge is 0.409 e. The number of aryl methyl sites for hydroxylation is 2. The highest BCUT2D eigenvalue weighted by molar-refractivity contribution is 5.70. The van der Waals surface area contributed by atoms with Crippen molar-refractivity contribution in [2.45, 2.75) is 64.6 Å². The van der Waals surface area contributed by atoms with Gasteiger partial charge in [-0.2, -0.15) is 5.10 Å². The van der Waals surface area contributed by atoms with Crippen molar-refractivity contribution in [3.63, 3.8) is 0 Å². The lowest BCUT2D eigenvalue weighted by atomic mass is 9.85. The van der Waals surface area contributed by atoms with E-state index in [0.717, 1.165) is 42.0 Å². The van der Waals surface area contributed by atoms with E-state index < -0.39 is 5.97 Å². The van der Waals surface area contributed by atoms with Crippen molar-refractivity contribution < 1.29 is 24.2 Å². The number of hydrogen-bond donors (Lipinski definition) is 1. The van der Waals surface area contributed by atoms with Crippen LogP contribution < -0.4 is 4.74 Å². The topological polar surface area (TPSA) is 107 Å². The van der Waals surface area contributed by atoms with Crippen molar-refractivity contribution in [2.24, 2.45) is 18.9 Å². The van der Waals surface area contributed by atoms with Gasteiger partial charge in [0, 0.05) is 26.2 Å². The molecule has 2 aromatic heterocycles. The van der Waals surface area contributed by atoms with E-state index in [1.54, 1.807) is 22.8 Å². The summed E-state index contributed by atoms with van der Waals surface area (Å²) in [5.41, 5.74) is 3.01. The predicted octanol–water partition coefficient (Wildman–Crippen LogP) is 4.18. The molecule has 184 valence electrons. The molecule has 4 rings (SSSR count). The molecule has 0 aliphatic heterocycles. The number of aliphatic carboxylic acids is 1. The van der Waals surface area contributed by atoms with Crippen molar-refractivity contribution in [3.05, 3.63) is 29.7 Å². The van der Waals surface area contributed by atoms with Gasteiger partial charge in [0.15, 0.2) is 0 Å². The Morgan fingerprint density at radius 3 is 2.65 bits per heavy atom. The average molecular weight is 471 g/mol. The molecule has 0 radical (unpaired) electrons. The monoisotopic (exact) mass is 470 g/mol. The molecule has 1 amide bonds. The van der Waals surface area contributed by atoms with Crippen LogP contribution in [0.15, 0.2) is 18.3 Å². The van der Waals surface area contributed by atoms with Gasteiger partial charge in [-0.3, -0.25) is 9.48 Å². The summed E-state index contributed by atoms with van der Waals surface area (Å²) in [4.78, 5) is 30.1. The maximum atomic E-state index is 12.4. The number of aromatic nitrogens is 3. The molecule has 0 bridgehead atoms. The second-order valence-corrected chi connectivity index (χ2v) is 9.58. The average Bonchev–Trinajstić information content (AvgIpc) is 3.16. The molecule has 34 heavy (non-hydrogen) atoms. The van der Waals surface area contributed by atoms with E-state index in [1.165, 1.54) is 19.3 Å². The van der Waals surface area contributed by atoms with E-state index in [2.05, 4.69) is 5.10 Å². The van der Waals surface area contributed by atoms with Crippen molar-refractivity contribution in [1.29, 1.82) is 0 Å². The minimum Gasteiger partial charge on any atom is -0.489 e. The van der Waals surface area contributed by atoms with Gasteiger partial charge in [0.1, 0.15) is 12.4 Å². The highest BCUT2D eigenvalue weighted by atomic mass is 16.6. The molecule has 2 atom stereocenters. The zero-order valence-electron chi connectivity index (χ0n) is 20.2. The molecule has 0 spiro atoms. The van der Waals surface area contributed by atoms with E-state index in [0.29, 0.717) is 24.5 Å². The van der Waals surface area contributed by atoms with Gasteiger partial charge in [0.2, 0.25) is 0 Å². The first-order valence-corrected chi connectivity index (χ1v) is 12.1. The summed E-state index contributed by atoms with van der Waals surface area (Å²) in [5.74, 6) is 0.146. The SMILES string of the molecule is Cc1nc(-c2cnn(C)c2COC(=O)N(C)CC2CCC2)ccc1O[C@H]1CCCC(C(=O)O)C1. The summed E-state index contributed by atoms with van der Waals surface area (Å²) >= 11 is 0. The third-order valence-corrected chi connectivity index (χ3v) is 7.04. The maximum Gasteiger partial charge on any atom is 0.409 e. The van der Waals surface area contributed by atoms with Crippen LogP contribution in [0.2, 0.25) is 0 Å². The molecule has 9 nitrogen and oxygen atoms in total. The Balaban J connectivity index is 1.41. The Bertz CT molecular complexity index is 1030. The van der Waals surface area contributed by atoms with E-state index in [9.17, 15) is 14.7 Å². The van der Waals surface area contributed by atoms with Gasteiger partial charge >= 0.3 is 12.1 Å². The van der Waals surface area contributed by atoms with E-state index in [4.69, 9.17) is 14.5 Å². The summed E-state index contributed by atoms with van der Waals surface area (Å²) in [6.07, 6.45) is 7.78.